The summed E-state index contributed by atoms with van der Waals surface area (Å²) in [5.41, 5.74) is 1.06. The Morgan fingerprint density at radius 2 is 2.41 bits per heavy atom. The zero-order valence-electron chi connectivity index (χ0n) is 9.95. The lowest BCUT2D eigenvalue weighted by Gasteiger charge is -2.27. The molecule has 0 radical (unpaired) electrons. The molecule has 4 heteroatoms. The van der Waals surface area contributed by atoms with E-state index in [0.717, 1.165) is 24.3 Å². The summed E-state index contributed by atoms with van der Waals surface area (Å²) >= 11 is 1.79. The number of aliphatic hydroxyl groups is 1. The molecular weight excluding hydrogens is 237 g/mol. The minimum atomic E-state index is -0.173. The molecule has 1 aliphatic rings. The Morgan fingerprint density at radius 3 is 3.18 bits per heavy atom. The van der Waals surface area contributed by atoms with Gasteiger partial charge in [0.25, 0.3) is 0 Å². The summed E-state index contributed by atoms with van der Waals surface area (Å²) in [6.45, 7) is 2.95. The van der Waals surface area contributed by atoms with Gasteiger partial charge in [-0.3, -0.25) is 0 Å². The number of hydrogen-bond acceptors (Lipinski definition) is 3. The topological polar surface area (TPSA) is 32.3 Å². The molecule has 0 aliphatic carbocycles. The number of halogens is 1. The second-order valence-corrected chi connectivity index (χ2v) is 5.70. The van der Waals surface area contributed by atoms with Gasteiger partial charge in [-0.25, -0.2) is 4.39 Å². The molecule has 1 aromatic carbocycles. The van der Waals surface area contributed by atoms with E-state index in [0.29, 0.717) is 0 Å². The SMILES string of the molecule is CC(CO)CNC1CCSc2ccc(F)cc21. The Kier molecular flexibility index (Phi) is 4.42. The van der Waals surface area contributed by atoms with Crippen molar-refractivity contribution in [3.05, 3.63) is 29.6 Å². The fourth-order valence-electron chi connectivity index (χ4n) is 1.99. The maximum Gasteiger partial charge on any atom is 0.123 e. The van der Waals surface area contributed by atoms with Crippen molar-refractivity contribution in [2.75, 3.05) is 18.9 Å². The first-order valence-electron chi connectivity index (χ1n) is 5.97. The Hall–Kier alpha value is -0.580. The van der Waals surface area contributed by atoms with Crippen molar-refractivity contribution in [2.24, 2.45) is 5.92 Å². The van der Waals surface area contributed by atoms with Gasteiger partial charge in [0.2, 0.25) is 0 Å². The van der Waals surface area contributed by atoms with E-state index in [1.165, 1.54) is 11.0 Å². The van der Waals surface area contributed by atoms with Crippen molar-refractivity contribution in [1.29, 1.82) is 0 Å². The Labute approximate surface area is 106 Å². The molecular formula is C13H18FNOS. The maximum absolute atomic E-state index is 13.3. The molecule has 0 amide bonds. The average Bonchev–Trinajstić information content (AvgIpc) is 2.35. The van der Waals surface area contributed by atoms with Gasteiger partial charge in [-0.15, -0.1) is 11.8 Å². The number of rotatable bonds is 4. The summed E-state index contributed by atoms with van der Waals surface area (Å²) in [6, 6.07) is 5.22. The third-order valence-corrected chi connectivity index (χ3v) is 4.16. The van der Waals surface area contributed by atoms with E-state index in [-0.39, 0.29) is 24.4 Å². The van der Waals surface area contributed by atoms with Crippen LogP contribution < -0.4 is 5.32 Å². The smallest absolute Gasteiger partial charge is 0.123 e. The molecule has 0 saturated carbocycles. The van der Waals surface area contributed by atoms with Gasteiger partial charge in [-0.1, -0.05) is 6.92 Å². The van der Waals surface area contributed by atoms with Crippen LogP contribution in [0.5, 0.6) is 0 Å². The number of thioether (sulfide) groups is 1. The standard InChI is InChI=1S/C13H18FNOS/c1-9(8-16)7-15-12-4-5-17-13-3-2-10(14)6-11(12)13/h2-3,6,9,12,15-16H,4-5,7-8H2,1H3. The number of hydrogen-bond donors (Lipinski definition) is 2. The molecule has 2 N–H and O–H groups in total. The number of aliphatic hydroxyl groups excluding tert-OH is 1. The Balaban J connectivity index is 2.08. The molecule has 0 aromatic heterocycles. The lowest BCUT2D eigenvalue weighted by molar-refractivity contribution is 0.229. The molecule has 1 aliphatic heterocycles. The lowest BCUT2D eigenvalue weighted by Crippen LogP contribution is -2.29. The largest absolute Gasteiger partial charge is 0.396 e. The Morgan fingerprint density at radius 1 is 1.59 bits per heavy atom. The maximum atomic E-state index is 13.3. The van der Waals surface area contributed by atoms with Gasteiger partial charge < -0.3 is 10.4 Å². The summed E-state index contributed by atoms with van der Waals surface area (Å²) in [5, 5.41) is 12.4. The van der Waals surface area contributed by atoms with E-state index in [9.17, 15) is 4.39 Å². The number of nitrogens with one attached hydrogen (secondary N) is 1. The summed E-state index contributed by atoms with van der Waals surface area (Å²) in [6.07, 6.45) is 1.01. The molecule has 0 fully saturated rings. The molecule has 1 aromatic rings. The highest BCUT2D eigenvalue weighted by Crippen LogP contribution is 2.36. The summed E-state index contributed by atoms with van der Waals surface area (Å²) in [4.78, 5) is 1.17. The van der Waals surface area contributed by atoms with Gasteiger partial charge in [-0.2, -0.15) is 0 Å². The van der Waals surface area contributed by atoms with E-state index < -0.39 is 0 Å². The van der Waals surface area contributed by atoms with Gasteiger partial charge in [0.05, 0.1) is 0 Å². The zero-order valence-corrected chi connectivity index (χ0v) is 10.8. The van der Waals surface area contributed by atoms with Crippen LogP contribution in [0.2, 0.25) is 0 Å². The monoisotopic (exact) mass is 255 g/mol. The van der Waals surface area contributed by atoms with Gasteiger partial charge in [0.15, 0.2) is 0 Å². The van der Waals surface area contributed by atoms with Crippen LogP contribution in [-0.4, -0.2) is 24.0 Å². The second-order valence-electron chi connectivity index (χ2n) is 4.57. The fraction of sp³-hybridized carbons (Fsp3) is 0.538. The van der Waals surface area contributed by atoms with Gasteiger partial charge in [0, 0.05) is 24.1 Å². The van der Waals surface area contributed by atoms with Crippen molar-refractivity contribution < 1.29 is 9.50 Å². The third-order valence-electron chi connectivity index (χ3n) is 3.04. The van der Waals surface area contributed by atoms with Gasteiger partial charge >= 0.3 is 0 Å². The van der Waals surface area contributed by atoms with Crippen LogP contribution in [0.25, 0.3) is 0 Å². The van der Waals surface area contributed by atoms with Gasteiger partial charge in [-0.05, 0) is 41.9 Å². The molecule has 0 bridgehead atoms. The molecule has 94 valence electrons. The lowest BCUT2D eigenvalue weighted by atomic mass is 10.0. The first kappa shape index (κ1) is 12.9. The van der Waals surface area contributed by atoms with E-state index in [4.69, 9.17) is 5.11 Å². The van der Waals surface area contributed by atoms with Crippen LogP contribution in [0.3, 0.4) is 0 Å². The number of benzene rings is 1. The zero-order chi connectivity index (χ0) is 12.3. The van der Waals surface area contributed by atoms with Crippen LogP contribution in [0, 0.1) is 11.7 Å². The molecule has 0 saturated heterocycles. The van der Waals surface area contributed by atoms with E-state index in [1.807, 2.05) is 13.0 Å². The van der Waals surface area contributed by atoms with Crippen LogP contribution in [0.4, 0.5) is 4.39 Å². The average molecular weight is 255 g/mol. The van der Waals surface area contributed by atoms with Crippen LogP contribution in [0.1, 0.15) is 24.9 Å². The Bertz CT molecular complexity index is 386. The molecule has 2 unspecified atom stereocenters. The van der Waals surface area contributed by atoms with Crippen LogP contribution >= 0.6 is 11.8 Å². The summed E-state index contributed by atoms with van der Waals surface area (Å²) in [7, 11) is 0. The quantitative estimate of drug-likeness (QED) is 0.867. The molecule has 2 nitrogen and oxygen atoms in total. The summed E-state index contributed by atoms with van der Waals surface area (Å²) < 4.78 is 13.3. The van der Waals surface area contributed by atoms with Crippen LogP contribution in [0.15, 0.2) is 23.1 Å². The van der Waals surface area contributed by atoms with Crippen molar-refractivity contribution >= 4 is 11.8 Å². The first-order valence-corrected chi connectivity index (χ1v) is 6.95. The van der Waals surface area contributed by atoms with Crippen LogP contribution in [-0.2, 0) is 0 Å². The third kappa shape index (κ3) is 3.21. The van der Waals surface area contributed by atoms with Crippen molar-refractivity contribution in [3.63, 3.8) is 0 Å². The highest BCUT2D eigenvalue weighted by Gasteiger charge is 2.21. The minimum absolute atomic E-state index is 0.173. The first-order chi connectivity index (χ1) is 8.20. The normalized spacial score (nSPS) is 21.0. The molecule has 2 rings (SSSR count). The van der Waals surface area contributed by atoms with Crippen molar-refractivity contribution in [3.8, 4) is 0 Å². The van der Waals surface area contributed by atoms with E-state index in [1.54, 1.807) is 17.8 Å². The van der Waals surface area contributed by atoms with Crippen molar-refractivity contribution in [1.82, 2.24) is 5.32 Å². The molecule has 17 heavy (non-hydrogen) atoms. The predicted octanol–water partition coefficient (Wildman–Crippen LogP) is 2.58. The summed E-state index contributed by atoms with van der Waals surface area (Å²) in [5.74, 6) is 1.12. The van der Waals surface area contributed by atoms with Crippen molar-refractivity contribution in [2.45, 2.75) is 24.3 Å². The van der Waals surface area contributed by atoms with E-state index >= 15 is 0 Å². The fourth-order valence-corrected chi connectivity index (χ4v) is 3.09. The highest BCUT2D eigenvalue weighted by atomic mass is 32.2. The molecule has 2 atom stereocenters. The molecule has 1 heterocycles. The second kappa shape index (κ2) is 5.85. The minimum Gasteiger partial charge on any atom is -0.396 e. The molecule has 0 spiro atoms. The van der Waals surface area contributed by atoms with Gasteiger partial charge in [0.1, 0.15) is 5.82 Å². The predicted molar refractivity (Wildman–Crippen MR) is 68.7 cm³/mol. The van der Waals surface area contributed by atoms with E-state index in [2.05, 4.69) is 5.32 Å². The highest BCUT2D eigenvalue weighted by molar-refractivity contribution is 7.99. The number of fused-ring (bicyclic) bond motifs is 1.